The quantitative estimate of drug-likeness (QED) is 0.694. The minimum Gasteiger partial charge on any atom is -0.373 e. The molecule has 0 unspecified atom stereocenters. The summed E-state index contributed by atoms with van der Waals surface area (Å²) in [5.74, 6) is 0. The van der Waals surface area contributed by atoms with Crippen molar-refractivity contribution in [3.8, 4) is 0 Å². The smallest absolute Gasteiger partial charge is 0.0753 e. The second-order valence-corrected chi connectivity index (χ2v) is 4.85. The van der Waals surface area contributed by atoms with Crippen LogP contribution in [0.4, 0.5) is 0 Å². The number of nitrogens with one attached hydrogen (secondary N) is 1. The molecule has 0 aromatic heterocycles. The highest BCUT2D eigenvalue weighted by Crippen LogP contribution is 2.16. The molecule has 0 aromatic rings. The highest BCUT2D eigenvalue weighted by Gasteiger charge is 2.26. The van der Waals surface area contributed by atoms with Gasteiger partial charge >= 0.3 is 0 Å². The lowest BCUT2D eigenvalue weighted by Gasteiger charge is -2.38. The van der Waals surface area contributed by atoms with Gasteiger partial charge in [-0.15, -0.1) is 0 Å². The van der Waals surface area contributed by atoms with Gasteiger partial charge in [0.25, 0.3) is 0 Å². The van der Waals surface area contributed by atoms with Gasteiger partial charge in [0.1, 0.15) is 0 Å². The van der Waals surface area contributed by atoms with Gasteiger partial charge in [0, 0.05) is 26.2 Å². The molecule has 0 aliphatic carbocycles. The van der Waals surface area contributed by atoms with Crippen molar-refractivity contribution in [1.29, 1.82) is 0 Å². The molecule has 0 amide bonds. The predicted molar refractivity (Wildman–Crippen MR) is 64.2 cm³/mol. The Morgan fingerprint density at radius 3 is 2.87 bits per heavy atom. The van der Waals surface area contributed by atoms with Crippen molar-refractivity contribution >= 4 is 0 Å². The van der Waals surface area contributed by atoms with Crippen molar-refractivity contribution in [3.05, 3.63) is 12.2 Å². The Morgan fingerprint density at radius 1 is 1.53 bits per heavy atom. The first-order chi connectivity index (χ1) is 7.03. The van der Waals surface area contributed by atoms with Gasteiger partial charge in [-0.05, 0) is 26.0 Å². The van der Waals surface area contributed by atoms with E-state index in [1.54, 1.807) is 0 Å². The zero-order valence-electron chi connectivity index (χ0n) is 10.3. The number of ether oxygens (including phenoxy) is 1. The summed E-state index contributed by atoms with van der Waals surface area (Å²) in [5, 5.41) is 3.30. The standard InChI is InChI=1S/C12H24N2O/c1-5-13-8-11(2)9-14-6-7-15-12(3,4)10-14/h13H,2,5-10H2,1,3-4H3. The molecule has 88 valence electrons. The number of hydrogen-bond donors (Lipinski definition) is 1. The van der Waals surface area contributed by atoms with E-state index >= 15 is 0 Å². The van der Waals surface area contributed by atoms with Crippen LogP contribution in [0, 0.1) is 0 Å². The first kappa shape index (κ1) is 12.7. The van der Waals surface area contributed by atoms with E-state index in [-0.39, 0.29) is 5.60 Å². The third-order valence-corrected chi connectivity index (χ3v) is 2.58. The molecular formula is C12H24N2O. The van der Waals surface area contributed by atoms with Gasteiger partial charge in [-0.2, -0.15) is 0 Å². The zero-order chi connectivity index (χ0) is 11.3. The van der Waals surface area contributed by atoms with E-state index in [1.165, 1.54) is 5.57 Å². The highest BCUT2D eigenvalue weighted by molar-refractivity contribution is 5.00. The van der Waals surface area contributed by atoms with Crippen LogP contribution in [0.1, 0.15) is 20.8 Å². The lowest BCUT2D eigenvalue weighted by molar-refractivity contribution is -0.0835. The Labute approximate surface area is 93.5 Å². The van der Waals surface area contributed by atoms with Crippen LogP contribution >= 0.6 is 0 Å². The van der Waals surface area contributed by atoms with Crippen molar-refractivity contribution in [2.24, 2.45) is 0 Å². The van der Waals surface area contributed by atoms with Gasteiger partial charge in [-0.25, -0.2) is 0 Å². The van der Waals surface area contributed by atoms with Crippen LogP contribution in [0.25, 0.3) is 0 Å². The van der Waals surface area contributed by atoms with Gasteiger partial charge in [-0.1, -0.05) is 13.5 Å². The fraction of sp³-hybridized carbons (Fsp3) is 0.833. The van der Waals surface area contributed by atoms with Crippen LogP contribution in [0.15, 0.2) is 12.2 Å². The maximum Gasteiger partial charge on any atom is 0.0753 e. The van der Waals surface area contributed by atoms with Crippen LogP contribution in [0.2, 0.25) is 0 Å². The molecule has 15 heavy (non-hydrogen) atoms. The summed E-state index contributed by atoms with van der Waals surface area (Å²) in [6, 6.07) is 0. The molecule has 0 aromatic carbocycles. The van der Waals surface area contributed by atoms with Crippen LogP contribution in [-0.2, 0) is 4.74 Å². The Balaban J connectivity index is 2.28. The summed E-state index contributed by atoms with van der Waals surface area (Å²) in [5.41, 5.74) is 1.26. The summed E-state index contributed by atoms with van der Waals surface area (Å²) in [6.45, 7) is 16.3. The summed E-state index contributed by atoms with van der Waals surface area (Å²) in [4.78, 5) is 2.42. The number of nitrogens with zero attached hydrogens (tertiary/aromatic N) is 1. The molecule has 0 spiro atoms. The molecule has 0 saturated carbocycles. The fourth-order valence-electron chi connectivity index (χ4n) is 1.92. The normalized spacial score (nSPS) is 21.5. The van der Waals surface area contributed by atoms with E-state index in [9.17, 15) is 0 Å². The van der Waals surface area contributed by atoms with Gasteiger partial charge < -0.3 is 10.1 Å². The average molecular weight is 212 g/mol. The number of likely N-dealkylation sites (N-methyl/N-ethyl adjacent to an activating group) is 1. The van der Waals surface area contributed by atoms with Crippen LogP contribution in [-0.4, -0.2) is 49.8 Å². The fourth-order valence-corrected chi connectivity index (χ4v) is 1.92. The second kappa shape index (κ2) is 5.64. The van der Waals surface area contributed by atoms with Gasteiger partial charge in [-0.3, -0.25) is 4.90 Å². The largest absolute Gasteiger partial charge is 0.373 e. The van der Waals surface area contributed by atoms with E-state index in [0.717, 1.165) is 39.3 Å². The molecule has 0 atom stereocenters. The molecule has 1 heterocycles. The second-order valence-electron chi connectivity index (χ2n) is 4.85. The monoisotopic (exact) mass is 212 g/mol. The SMILES string of the molecule is C=C(CNCC)CN1CCOC(C)(C)C1. The topological polar surface area (TPSA) is 24.5 Å². The molecule has 3 heteroatoms. The molecular weight excluding hydrogens is 188 g/mol. The predicted octanol–water partition coefficient (Wildman–Crippen LogP) is 1.26. The summed E-state index contributed by atoms with van der Waals surface area (Å²) in [6.07, 6.45) is 0. The summed E-state index contributed by atoms with van der Waals surface area (Å²) < 4.78 is 5.67. The first-order valence-corrected chi connectivity index (χ1v) is 5.77. The number of rotatable bonds is 5. The van der Waals surface area contributed by atoms with Gasteiger partial charge in [0.2, 0.25) is 0 Å². The summed E-state index contributed by atoms with van der Waals surface area (Å²) >= 11 is 0. The molecule has 1 aliphatic rings. The minimum absolute atomic E-state index is 0.00326. The van der Waals surface area contributed by atoms with E-state index < -0.39 is 0 Å². The molecule has 1 fully saturated rings. The maximum absolute atomic E-state index is 5.67. The molecule has 1 saturated heterocycles. The lowest BCUT2D eigenvalue weighted by Crippen LogP contribution is -2.49. The third kappa shape index (κ3) is 4.78. The Hall–Kier alpha value is -0.380. The van der Waals surface area contributed by atoms with Crippen LogP contribution in [0.5, 0.6) is 0 Å². The van der Waals surface area contributed by atoms with Crippen LogP contribution in [0.3, 0.4) is 0 Å². The lowest BCUT2D eigenvalue weighted by atomic mass is 10.1. The molecule has 1 aliphatic heterocycles. The van der Waals surface area contributed by atoms with E-state index in [4.69, 9.17) is 4.74 Å². The molecule has 1 N–H and O–H groups in total. The Bertz CT molecular complexity index is 214. The van der Waals surface area contributed by atoms with E-state index in [2.05, 4.69) is 37.6 Å². The Morgan fingerprint density at radius 2 is 2.27 bits per heavy atom. The molecule has 1 rings (SSSR count). The zero-order valence-corrected chi connectivity index (χ0v) is 10.3. The van der Waals surface area contributed by atoms with Crippen molar-refractivity contribution in [1.82, 2.24) is 10.2 Å². The molecule has 3 nitrogen and oxygen atoms in total. The van der Waals surface area contributed by atoms with Crippen LogP contribution < -0.4 is 5.32 Å². The van der Waals surface area contributed by atoms with Gasteiger partial charge in [0.05, 0.1) is 12.2 Å². The van der Waals surface area contributed by atoms with E-state index in [0.29, 0.717) is 0 Å². The maximum atomic E-state index is 5.67. The van der Waals surface area contributed by atoms with Crippen molar-refractivity contribution < 1.29 is 4.74 Å². The molecule has 0 radical (unpaired) electrons. The van der Waals surface area contributed by atoms with Crippen molar-refractivity contribution in [2.45, 2.75) is 26.4 Å². The summed E-state index contributed by atoms with van der Waals surface area (Å²) in [7, 11) is 0. The van der Waals surface area contributed by atoms with Crippen molar-refractivity contribution in [3.63, 3.8) is 0 Å². The first-order valence-electron chi connectivity index (χ1n) is 5.77. The average Bonchev–Trinajstić information content (AvgIpc) is 2.13. The highest BCUT2D eigenvalue weighted by atomic mass is 16.5. The molecule has 0 bridgehead atoms. The third-order valence-electron chi connectivity index (χ3n) is 2.58. The van der Waals surface area contributed by atoms with Crippen molar-refractivity contribution in [2.75, 3.05) is 39.3 Å². The Kier molecular flexibility index (Phi) is 4.77. The van der Waals surface area contributed by atoms with Gasteiger partial charge in [0.15, 0.2) is 0 Å². The van der Waals surface area contributed by atoms with E-state index in [1.807, 2.05) is 0 Å². The number of morpholine rings is 1. The number of hydrogen-bond acceptors (Lipinski definition) is 3. The minimum atomic E-state index is -0.00326.